The molecular formula is C22H31ClN6O. The van der Waals surface area contributed by atoms with Crippen molar-refractivity contribution in [2.24, 2.45) is 12.0 Å². The molecule has 8 heteroatoms. The van der Waals surface area contributed by atoms with Gasteiger partial charge in [0.25, 0.3) is 0 Å². The topological polar surface area (TPSA) is 56.1 Å². The van der Waals surface area contributed by atoms with Crippen LogP contribution in [0.3, 0.4) is 0 Å². The molecule has 0 bridgehead atoms. The summed E-state index contributed by atoms with van der Waals surface area (Å²) in [5.41, 5.74) is 2.29. The predicted molar refractivity (Wildman–Crippen MR) is 123 cm³/mol. The molecule has 1 amide bonds. The zero-order valence-corrected chi connectivity index (χ0v) is 18.8. The van der Waals surface area contributed by atoms with Crippen molar-refractivity contribution in [2.75, 3.05) is 51.2 Å². The van der Waals surface area contributed by atoms with E-state index in [2.05, 4.69) is 27.3 Å². The zero-order valence-electron chi connectivity index (χ0n) is 18.0. The van der Waals surface area contributed by atoms with E-state index in [1.54, 1.807) is 0 Å². The molecular weight excluding hydrogens is 400 g/mol. The lowest BCUT2D eigenvalue weighted by Crippen LogP contribution is -2.49. The summed E-state index contributed by atoms with van der Waals surface area (Å²) in [6, 6.07) is 12.3. The number of para-hydroxylation sites is 1. The van der Waals surface area contributed by atoms with Crippen LogP contribution in [0.15, 0.2) is 47.6 Å². The maximum atomic E-state index is 12.7. The number of guanidine groups is 1. The van der Waals surface area contributed by atoms with E-state index in [4.69, 9.17) is 11.6 Å². The summed E-state index contributed by atoms with van der Waals surface area (Å²) < 4.78 is 2.00. The van der Waals surface area contributed by atoms with Crippen LogP contribution in [0.4, 0.5) is 5.69 Å². The summed E-state index contributed by atoms with van der Waals surface area (Å²) in [5.74, 6) is 0.777. The lowest BCUT2D eigenvalue weighted by Gasteiger charge is -2.36. The first kappa shape index (κ1) is 22.0. The molecule has 0 saturated carbocycles. The number of aryl methyl sites for hydroxylation is 1. The van der Waals surface area contributed by atoms with E-state index in [9.17, 15) is 4.79 Å². The smallest absolute Gasteiger partial charge is 0.244 e. The molecule has 0 aliphatic carbocycles. The second-order valence-electron chi connectivity index (χ2n) is 7.49. The van der Waals surface area contributed by atoms with Crippen molar-refractivity contribution in [2.45, 2.75) is 13.5 Å². The number of aromatic nitrogens is 1. The first-order chi connectivity index (χ1) is 14.5. The molecule has 2 aromatic rings. The van der Waals surface area contributed by atoms with Gasteiger partial charge < -0.3 is 24.6 Å². The highest BCUT2D eigenvalue weighted by atomic mass is 35.5. The largest absolute Gasteiger partial charge is 0.368 e. The first-order valence-corrected chi connectivity index (χ1v) is 10.7. The molecule has 1 aromatic heterocycles. The van der Waals surface area contributed by atoms with E-state index in [0.29, 0.717) is 17.5 Å². The van der Waals surface area contributed by atoms with Gasteiger partial charge in [-0.15, -0.1) is 0 Å². The van der Waals surface area contributed by atoms with Gasteiger partial charge in [0.1, 0.15) is 6.54 Å². The minimum atomic E-state index is 0.0634. The molecule has 1 aliphatic rings. The summed E-state index contributed by atoms with van der Waals surface area (Å²) in [7, 11) is 3.93. The molecule has 1 fully saturated rings. The number of aliphatic imine (C=N–C) groups is 1. The van der Waals surface area contributed by atoms with E-state index in [1.807, 2.05) is 65.8 Å². The Morgan fingerprint density at radius 2 is 1.90 bits per heavy atom. The fourth-order valence-electron chi connectivity index (χ4n) is 3.61. The Morgan fingerprint density at radius 3 is 2.50 bits per heavy atom. The van der Waals surface area contributed by atoms with Crippen LogP contribution in [0.2, 0.25) is 5.02 Å². The van der Waals surface area contributed by atoms with E-state index >= 15 is 0 Å². The average Bonchev–Trinajstić information content (AvgIpc) is 3.08. The number of hydrogen-bond acceptors (Lipinski definition) is 3. The Labute approximate surface area is 183 Å². The number of halogens is 1. The van der Waals surface area contributed by atoms with Gasteiger partial charge in [-0.3, -0.25) is 4.79 Å². The van der Waals surface area contributed by atoms with Gasteiger partial charge >= 0.3 is 0 Å². The van der Waals surface area contributed by atoms with E-state index in [0.717, 1.165) is 38.4 Å². The standard InChI is InChI=1S/C22H31ClN6O/c1-4-24-22(27(3)17-20-14-18(23)16-26(20)2)25-15-21(30)29-12-10-28(11-13-29)19-8-6-5-7-9-19/h5-9,14,16H,4,10-13,15,17H2,1-3H3,(H,24,25). The third-order valence-corrected chi connectivity index (χ3v) is 5.49. The van der Waals surface area contributed by atoms with Crippen molar-refractivity contribution in [3.8, 4) is 0 Å². The number of rotatable bonds is 6. The number of hydrogen-bond donors (Lipinski definition) is 1. The molecule has 30 heavy (non-hydrogen) atoms. The Morgan fingerprint density at radius 1 is 1.20 bits per heavy atom. The van der Waals surface area contributed by atoms with E-state index in [-0.39, 0.29) is 12.5 Å². The quantitative estimate of drug-likeness (QED) is 0.565. The number of carbonyl (C=O) groups excluding carboxylic acids is 1. The highest BCUT2D eigenvalue weighted by Gasteiger charge is 2.21. The molecule has 162 valence electrons. The molecule has 3 rings (SSSR count). The Bertz CT molecular complexity index is 858. The second-order valence-corrected chi connectivity index (χ2v) is 7.93. The number of nitrogens with one attached hydrogen (secondary N) is 1. The minimum Gasteiger partial charge on any atom is -0.368 e. The van der Waals surface area contributed by atoms with Gasteiger partial charge in [-0.05, 0) is 25.1 Å². The van der Waals surface area contributed by atoms with Crippen molar-refractivity contribution in [3.05, 3.63) is 53.3 Å². The Balaban J connectivity index is 1.55. The summed E-state index contributed by atoms with van der Waals surface area (Å²) >= 11 is 6.09. The summed E-state index contributed by atoms with van der Waals surface area (Å²) in [4.78, 5) is 23.5. The summed E-state index contributed by atoms with van der Waals surface area (Å²) in [6.45, 7) is 6.68. The molecule has 1 saturated heterocycles. The number of piperazine rings is 1. The average molecular weight is 431 g/mol. The predicted octanol–water partition coefficient (Wildman–Crippen LogP) is 2.42. The van der Waals surface area contributed by atoms with Crippen LogP contribution in [0.5, 0.6) is 0 Å². The van der Waals surface area contributed by atoms with Crippen LogP contribution < -0.4 is 10.2 Å². The Hall–Kier alpha value is -2.67. The fraction of sp³-hybridized carbons (Fsp3) is 0.455. The van der Waals surface area contributed by atoms with Crippen molar-refractivity contribution in [3.63, 3.8) is 0 Å². The van der Waals surface area contributed by atoms with Gasteiger partial charge in [0, 0.05) is 64.4 Å². The molecule has 0 spiro atoms. The first-order valence-electron chi connectivity index (χ1n) is 10.4. The van der Waals surface area contributed by atoms with Gasteiger partial charge in [-0.1, -0.05) is 29.8 Å². The van der Waals surface area contributed by atoms with Gasteiger partial charge in [0.2, 0.25) is 5.91 Å². The third kappa shape index (κ3) is 5.69. The van der Waals surface area contributed by atoms with Crippen LogP contribution in [0.25, 0.3) is 0 Å². The maximum absolute atomic E-state index is 12.7. The van der Waals surface area contributed by atoms with Gasteiger partial charge in [-0.25, -0.2) is 4.99 Å². The number of carbonyl (C=O) groups is 1. The van der Waals surface area contributed by atoms with Crippen LogP contribution in [0, 0.1) is 0 Å². The molecule has 1 aromatic carbocycles. The van der Waals surface area contributed by atoms with Crippen LogP contribution in [-0.2, 0) is 18.4 Å². The molecule has 1 N–H and O–H groups in total. The second kappa shape index (κ2) is 10.4. The lowest BCUT2D eigenvalue weighted by atomic mass is 10.2. The Kier molecular flexibility index (Phi) is 7.63. The lowest BCUT2D eigenvalue weighted by molar-refractivity contribution is -0.129. The summed E-state index contributed by atoms with van der Waals surface area (Å²) in [5, 5.41) is 3.99. The number of amides is 1. The molecule has 2 heterocycles. The molecule has 0 atom stereocenters. The van der Waals surface area contributed by atoms with Crippen molar-refractivity contribution in [1.82, 2.24) is 19.7 Å². The van der Waals surface area contributed by atoms with Crippen molar-refractivity contribution < 1.29 is 4.79 Å². The fourth-order valence-corrected chi connectivity index (χ4v) is 3.88. The zero-order chi connectivity index (χ0) is 21.5. The highest BCUT2D eigenvalue weighted by molar-refractivity contribution is 6.30. The van der Waals surface area contributed by atoms with Gasteiger partial charge in [0.05, 0.1) is 11.6 Å². The molecule has 1 aliphatic heterocycles. The molecule has 0 radical (unpaired) electrons. The number of nitrogens with zero attached hydrogens (tertiary/aromatic N) is 5. The number of benzene rings is 1. The van der Waals surface area contributed by atoms with Crippen LogP contribution in [-0.4, -0.2) is 72.5 Å². The maximum Gasteiger partial charge on any atom is 0.244 e. The van der Waals surface area contributed by atoms with Crippen molar-refractivity contribution in [1.29, 1.82) is 0 Å². The SMILES string of the molecule is CCNC(=NCC(=O)N1CCN(c2ccccc2)CC1)N(C)Cc1cc(Cl)cn1C. The highest BCUT2D eigenvalue weighted by Crippen LogP contribution is 2.16. The monoisotopic (exact) mass is 430 g/mol. The summed E-state index contributed by atoms with van der Waals surface area (Å²) in [6.07, 6.45) is 1.88. The van der Waals surface area contributed by atoms with Crippen LogP contribution >= 0.6 is 11.6 Å². The van der Waals surface area contributed by atoms with E-state index < -0.39 is 0 Å². The van der Waals surface area contributed by atoms with Crippen molar-refractivity contribution >= 4 is 29.2 Å². The minimum absolute atomic E-state index is 0.0634. The molecule has 7 nitrogen and oxygen atoms in total. The van der Waals surface area contributed by atoms with Gasteiger partial charge in [-0.2, -0.15) is 0 Å². The normalized spacial score (nSPS) is 14.7. The number of anilines is 1. The van der Waals surface area contributed by atoms with Gasteiger partial charge in [0.15, 0.2) is 5.96 Å². The van der Waals surface area contributed by atoms with Crippen LogP contribution in [0.1, 0.15) is 12.6 Å². The van der Waals surface area contributed by atoms with E-state index in [1.165, 1.54) is 5.69 Å². The third-order valence-electron chi connectivity index (χ3n) is 5.29. The molecule has 0 unspecified atom stereocenters.